The lowest BCUT2D eigenvalue weighted by molar-refractivity contribution is -0.224. The molecular formula is C17H25NO2. The zero-order valence-corrected chi connectivity index (χ0v) is 12.5. The van der Waals surface area contributed by atoms with Crippen molar-refractivity contribution >= 4 is 0 Å². The summed E-state index contributed by atoms with van der Waals surface area (Å²) in [6.07, 6.45) is 2.21. The molecule has 0 aliphatic carbocycles. The fourth-order valence-corrected chi connectivity index (χ4v) is 2.73. The molecule has 3 heteroatoms. The normalized spacial score (nSPS) is 29.3. The first kappa shape index (κ1) is 14.1. The molecule has 1 aromatic rings. The van der Waals surface area contributed by atoms with Gasteiger partial charge in [0.1, 0.15) is 0 Å². The third-order valence-corrected chi connectivity index (χ3v) is 4.11. The fourth-order valence-electron chi connectivity index (χ4n) is 2.73. The summed E-state index contributed by atoms with van der Waals surface area (Å²) in [5.74, 6) is 0. The summed E-state index contributed by atoms with van der Waals surface area (Å²) >= 11 is 0. The maximum atomic E-state index is 5.78. The summed E-state index contributed by atoms with van der Waals surface area (Å²) in [6, 6.07) is 11.4. The molecule has 0 N–H and O–H groups in total. The minimum absolute atomic E-state index is 0.0159. The van der Waals surface area contributed by atoms with Gasteiger partial charge in [-0.15, -0.1) is 0 Å². The summed E-state index contributed by atoms with van der Waals surface area (Å²) in [7, 11) is 0. The van der Waals surface area contributed by atoms with Gasteiger partial charge < -0.3 is 9.47 Å². The number of ether oxygens (including phenoxy) is 2. The van der Waals surface area contributed by atoms with Crippen molar-refractivity contribution in [2.24, 2.45) is 5.41 Å². The summed E-state index contributed by atoms with van der Waals surface area (Å²) in [5.41, 5.74) is 1.58. The van der Waals surface area contributed by atoms with Crippen molar-refractivity contribution in [2.45, 2.75) is 45.6 Å². The van der Waals surface area contributed by atoms with E-state index in [0.717, 1.165) is 32.2 Å². The zero-order chi connectivity index (χ0) is 14.0. The Morgan fingerprint density at radius 2 is 1.80 bits per heavy atom. The van der Waals surface area contributed by atoms with Crippen molar-refractivity contribution in [1.29, 1.82) is 0 Å². The molecule has 2 aliphatic rings. The SMILES string of the molecule is CC1(C)COC(CC[C@@H]2CN2Cc2ccccc2)OC1. The smallest absolute Gasteiger partial charge is 0.157 e. The average molecular weight is 275 g/mol. The monoisotopic (exact) mass is 275 g/mol. The molecule has 0 spiro atoms. The van der Waals surface area contributed by atoms with Crippen molar-refractivity contribution in [3.8, 4) is 0 Å². The molecule has 2 aliphatic heterocycles. The molecule has 2 heterocycles. The maximum Gasteiger partial charge on any atom is 0.157 e. The van der Waals surface area contributed by atoms with Crippen molar-refractivity contribution < 1.29 is 9.47 Å². The van der Waals surface area contributed by atoms with Gasteiger partial charge in [-0.05, 0) is 18.4 Å². The van der Waals surface area contributed by atoms with Crippen LogP contribution in [0.1, 0.15) is 32.3 Å². The second-order valence-corrected chi connectivity index (χ2v) is 6.86. The van der Waals surface area contributed by atoms with Crippen LogP contribution >= 0.6 is 0 Å². The van der Waals surface area contributed by atoms with E-state index in [9.17, 15) is 0 Å². The van der Waals surface area contributed by atoms with Crippen LogP contribution in [0.2, 0.25) is 0 Å². The van der Waals surface area contributed by atoms with Crippen LogP contribution < -0.4 is 0 Å². The highest BCUT2D eigenvalue weighted by molar-refractivity contribution is 5.15. The Hall–Kier alpha value is -0.900. The lowest BCUT2D eigenvalue weighted by atomic mass is 9.95. The highest BCUT2D eigenvalue weighted by atomic mass is 16.7. The van der Waals surface area contributed by atoms with E-state index in [0.29, 0.717) is 0 Å². The van der Waals surface area contributed by atoms with Gasteiger partial charge >= 0.3 is 0 Å². The van der Waals surface area contributed by atoms with E-state index in [4.69, 9.17) is 9.47 Å². The van der Waals surface area contributed by atoms with Crippen molar-refractivity contribution in [2.75, 3.05) is 19.8 Å². The van der Waals surface area contributed by atoms with Crippen LogP contribution in [0, 0.1) is 5.41 Å². The van der Waals surface area contributed by atoms with Crippen LogP contribution in [0.3, 0.4) is 0 Å². The van der Waals surface area contributed by atoms with Crippen LogP contribution in [0.4, 0.5) is 0 Å². The molecule has 2 atom stereocenters. The second kappa shape index (κ2) is 5.84. The van der Waals surface area contributed by atoms with Crippen molar-refractivity contribution in [3.05, 3.63) is 35.9 Å². The highest BCUT2D eigenvalue weighted by Crippen LogP contribution is 2.29. The predicted molar refractivity (Wildman–Crippen MR) is 79.3 cm³/mol. The third kappa shape index (κ3) is 3.81. The topological polar surface area (TPSA) is 21.5 Å². The molecule has 2 fully saturated rings. The largest absolute Gasteiger partial charge is 0.352 e. The number of benzene rings is 1. The second-order valence-electron chi connectivity index (χ2n) is 6.86. The van der Waals surface area contributed by atoms with Crippen LogP contribution in [0.25, 0.3) is 0 Å². The van der Waals surface area contributed by atoms with E-state index in [1.165, 1.54) is 18.5 Å². The molecule has 0 saturated carbocycles. The maximum absolute atomic E-state index is 5.78. The minimum Gasteiger partial charge on any atom is -0.352 e. The molecule has 2 saturated heterocycles. The Balaban J connectivity index is 1.35. The summed E-state index contributed by atoms with van der Waals surface area (Å²) in [4.78, 5) is 2.52. The van der Waals surface area contributed by atoms with Gasteiger partial charge in [0.2, 0.25) is 0 Å². The number of hydrogen-bond acceptors (Lipinski definition) is 3. The average Bonchev–Trinajstić information content (AvgIpc) is 3.17. The van der Waals surface area contributed by atoms with Crippen molar-refractivity contribution in [3.63, 3.8) is 0 Å². The first-order valence-corrected chi connectivity index (χ1v) is 7.64. The summed E-state index contributed by atoms with van der Waals surface area (Å²) < 4.78 is 11.6. The molecule has 0 bridgehead atoms. The molecule has 0 radical (unpaired) electrons. The Kier molecular flexibility index (Phi) is 4.11. The summed E-state index contributed by atoms with van der Waals surface area (Å²) in [6.45, 7) is 8.29. The standard InChI is InChI=1S/C17H25NO2/c1-17(2)12-19-16(20-13-17)9-8-15-11-18(15)10-14-6-4-3-5-7-14/h3-7,15-16H,8-13H2,1-2H3/t15-,18?/m1/s1. The van der Waals surface area contributed by atoms with Gasteiger partial charge in [-0.2, -0.15) is 0 Å². The van der Waals surface area contributed by atoms with E-state index in [1.54, 1.807) is 0 Å². The molecule has 20 heavy (non-hydrogen) atoms. The minimum atomic E-state index is 0.0159. The molecular weight excluding hydrogens is 250 g/mol. The Morgan fingerprint density at radius 1 is 1.10 bits per heavy atom. The Labute approximate surface area is 121 Å². The van der Waals surface area contributed by atoms with E-state index in [1.807, 2.05) is 0 Å². The molecule has 1 unspecified atom stereocenters. The quantitative estimate of drug-likeness (QED) is 0.771. The fraction of sp³-hybridized carbons (Fsp3) is 0.647. The Bertz CT molecular complexity index is 422. The van der Waals surface area contributed by atoms with Crippen LogP contribution in [0.15, 0.2) is 30.3 Å². The van der Waals surface area contributed by atoms with E-state index < -0.39 is 0 Å². The van der Waals surface area contributed by atoms with E-state index >= 15 is 0 Å². The lowest BCUT2D eigenvalue weighted by Gasteiger charge is -2.34. The molecule has 110 valence electrons. The molecule has 0 aromatic heterocycles. The lowest BCUT2D eigenvalue weighted by Crippen LogP contribution is -2.37. The molecule has 1 aromatic carbocycles. The molecule has 3 rings (SSSR count). The number of nitrogens with zero attached hydrogens (tertiary/aromatic N) is 1. The number of hydrogen-bond donors (Lipinski definition) is 0. The van der Waals surface area contributed by atoms with E-state index in [-0.39, 0.29) is 11.7 Å². The van der Waals surface area contributed by atoms with Crippen molar-refractivity contribution in [1.82, 2.24) is 4.90 Å². The van der Waals surface area contributed by atoms with Gasteiger partial charge in [0.05, 0.1) is 13.2 Å². The van der Waals surface area contributed by atoms with Gasteiger partial charge in [0.25, 0.3) is 0 Å². The van der Waals surface area contributed by atoms with Gasteiger partial charge in [0, 0.05) is 24.5 Å². The van der Waals surface area contributed by atoms with Gasteiger partial charge in [0.15, 0.2) is 6.29 Å². The zero-order valence-electron chi connectivity index (χ0n) is 12.5. The number of rotatable bonds is 5. The highest BCUT2D eigenvalue weighted by Gasteiger charge is 2.35. The first-order chi connectivity index (χ1) is 9.62. The van der Waals surface area contributed by atoms with Crippen LogP contribution in [0.5, 0.6) is 0 Å². The summed E-state index contributed by atoms with van der Waals surface area (Å²) in [5, 5.41) is 0. The van der Waals surface area contributed by atoms with Crippen LogP contribution in [-0.2, 0) is 16.0 Å². The van der Waals surface area contributed by atoms with Crippen LogP contribution in [-0.4, -0.2) is 37.0 Å². The first-order valence-electron chi connectivity index (χ1n) is 7.64. The third-order valence-electron chi connectivity index (χ3n) is 4.11. The Morgan fingerprint density at radius 3 is 2.50 bits per heavy atom. The van der Waals surface area contributed by atoms with Gasteiger partial charge in [-0.1, -0.05) is 44.2 Å². The van der Waals surface area contributed by atoms with Gasteiger partial charge in [-0.25, -0.2) is 0 Å². The molecule has 0 amide bonds. The molecule has 3 nitrogen and oxygen atoms in total. The van der Waals surface area contributed by atoms with E-state index in [2.05, 4.69) is 49.1 Å². The van der Waals surface area contributed by atoms with Gasteiger partial charge in [-0.3, -0.25) is 4.90 Å². The predicted octanol–water partition coefficient (Wildman–Crippen LogP) is 3.05.